The standard InChI is InChI=1S/C9H14N8/c1-13-9(12)17-15-7-4-2-6(3-5-7)14-16-8(10)11/h2-5,14H,1H3,(H2,12,13)(H4,10,11,16). The van der Waals surface area contributed by atoms with Gasteiger partial charge in [0.05, 0.1) is 11.4 Å². The summed E-state index contributed by atoms with van der Waals surface area (Å²) in [6, 6.07) is 6.97. The Morgan fingerprint density at radius 2 is 1.76 bits per heavy atom. The minimum atomic E-state index is -0.0410. The minimum absolute atomic E-state index is 0.0410. The van der Waals surface area contributed by atoms with Crippen LogP contribution in [-0.2, 0) is 0 Å². The number of hydrogen-bond donors (Lipinski definition) is 4. The van der Waals surface area contributed by atoms with Crippen LogP contribution in [0.1, 0.15) is 0 Å². The summed E-state index contributed by atoms with van der Waals surface area (Å²) in [5.41, 5.74) is 19.7. The Morgan fingerprint density at radius 1 is 1.12 bits per heavy atom. The van der Waals surface area contributed by atoms with E-state index in [4.69, 9.17) is 17.2 Å². The quantitative estimate of drug-likeness (QED) is 0.258. The molecule has 0 saturated heterocycles. The second kappa shape index (κ2) is 6.05. The molecule has 90 valence electrons. The van der Waals surface area contributed by atoms with Gasteiger partial charge >= 0.3 is 0 Å². The van der Waals surface area contributed by atoms with Crippen LogP contribution in [0.5, 0.6) is 0 Å². The smallest absolute Gasteiger partial charge is 0.235 e. The van der Waals surface area contributed by atoms with Crippen LogP contribution >= 0.6 is 0 Å². The topological polar surface area (TPSA) is 140 Å². The number of nitrogens with zero attached hydrogens (tertiary/aromatic N) is 4. The molecule has 0 aliphatic heterocycles. The largest absolute Gasteiger partial charge is 0.369 e. The molecule has 1 aromatic rings. The zero-order valence-electron chi connectivity index (χ0n) is 9.33. The van der Waals surface area contributed by atoms with Crippen molar-refractivity contribution in [3.05, 3.63) is 24.3 Å². The average Bonchev–Trinajstić information content (AvgIpc) is 2.34. The number of nitrogens with two attached hydrogens (primary N) is 3. The number of hydrogen-bond acceptors (Lipinski definition) is 4. The van der Waals surface area contributed by atoms with Crippen LogP contribution in [0, 0.1) is 0 Å². The molecule has 0 spiro atoms. The second-order valence-electron chi connectivity index (χ2n) is 2.98. The van der Waals surface area contributed by atoms with E-state index >= 15 is 0 Å². The number of hydrazone groups is 1. The summed E-state index contributed by atoms with van der Waals surface area (Å²) in [5, 5.41) is 11.2. The number of guanidine groups is 2. The van der Waals surface area contributed by atoms with Crippen LogP contribution in [-0.4, -0.2) is 19.0 Å². The van der Waals surface area contributed by atoms with E-state index in [0.717, 1.165) is 5.69 Å². The van der Waals surface area contributed by atoms with Crippen molar-refractivity contribution in [2.75, 3.05) is 12.5 Å². The predicted molar refractivity (Wildman–Crippen MR) is 67.9 cm³/mol. The Balaban J connectivity index is 2.68. The highest BCUT2D eigenvalue weighted by Gasteiger charge is 1.92. The molecular weight excluding hydrogens is 220 g/mol. The highest BCUT2D eigenvalue weighted by atomic mass is 15.3. The van der Waals surface area contributed by atoms with Crippen molar-refractivity contribution in [1.82, 2.24) is 0 Å². The van der Waals surface area contributed by atoms with Crippen LogP contribution in [0.25, 0.3) is 0 Å². The highest BCUT2D eigenvalue weighted by Crippen LogP contribution is 2.16. The molecule has 0 saturated carbocycles. The zero-order valence-corrected chi connectivity index (χ0v) is 9.33. The monoisotopic (exact) mass is 234 g/mol. The molecule has 8 heteroatoms. The van der Waals surface area contributed by atoms with Crippen LogP contribution in [0.15, 0.2) is 44.6 Å². The fourth-order valence-corrected chi connectivity index (χ4v) is 0.885. The summed E-state index contributed by atoms with van der Waals surface area (Å²) >= 11 is 0. The lowest BCUT2D eigenvalue weighted by molar-refractivity contribution is 1.22. The first-order valence-electron chi connectivity index (χ1n) is 4.70. The van der Waals surface area contributed by atoms with Crippen LogP contribution < -0.4 is 22.6 Å². The maximum atomic E-state index is 5.36. The van der Waals surface area contributed by atoms with Crippen molar-refractivity contribution in [1.29, 1.82) is 0 Å². The van der Waals surface area contributed by atoms with Gasteiger partial charge in [-0.2, -0.15) is 0 Å². The third-order valence-corrected chi connectivity index (χ3v) is 1.68. The maximum Gasteiger partial charge on any atom is 0.235 e. The summed E-state index contributed by atoms with van der Waals surface area (Å²) in [4.78, 5) is 3.65. The number of aliphatic imine (C=N–C) groups is 1. The van der Waals surface area contributed by atoms with E-state index in [2.05, 4.69) is 25.7 Å². The second-order valence-corrected chi connectivity index (χ2v) is 2.98. The lowest BCUT2D eigenvalue weighted by Crippen LogP contribution is -2.23. The molecular formula is C9H14N8. The molecule has 0 unspecified atom stereocenters. The Bertz CT molecular complexity index is 441. The van der Waals surface area contributed by atoms with Crippen LogP contribution in [0.3, 0.4) is 0 Å². The van der Waals surface area contributed by atoms with Gasteiger partial charge in [-0.3, -0.25) is 10.4 Å². The van der Waals surface area contributed by atoms with Gasteiger partial charge in [0.15, 0.2) is 0 Å². The van der Waals surface area contributed by atoms with Crippen LogP contribution in [0.2, 0.25) is 0 Å². The molecule has 1 rings (SSSR count). The van der Waals surface area contributed by atoms with E-state index in [1.165, 1.54) is 7.05 Å². The molecule has 0 fully saturated rings. The summed E-state index contributed by atoms with van der Waals surface area (Å²) in [7, 11) is 1.54. The Labute approximate surface area is 98.3 Å². The lowest BCUT2D eigenvalue weighted by atomic mass is 10.3. The number of rotatable bonds is 3. The molecule has 0 aliphatic carbocycles. The first-order chi connectivity index (χ1) is 8.11. The van der Waals surface area contributed by atoms with E-state index in [9.17, 15) is 0 Å². The number of benzene rings is 1. The van der Waals surface area contributed by atoms with E-state index in [0.29, 0.717) is 5.69 Å². The van der Waals surface area contributed by atoms with Gasteiger partial charge in [-0.25, -0.2) is 0 Å². The maximum absolute atomic E-state index is 5.36. The van der Waals surface area contributed by atoms with E-state index in [-0.39, 0.29) is 11.9 Å². The van der Waals surface area contributed by atoms with Crippen molar-refractivity contribution in [3.8, 4) is 0 Å². The third-order valence-electron chi connectivity index (χ3n) is 1.68. The molecule has 0 atom stereocenters. The fourth-order valence-electron chi connectivity index (χ4n) is 0.885. The van der Waals surface area contributed by atoms with Crippen molar-refractivity contribution < 1.29 is 0 Å². The predicted octanol–water partition coefficient (Wildman–Crippen LogP) is 0.315. The SMILES string of the molecule is CN=C(N)N=Nc1ccc(NN=C(N)N)cc1. The van der Waals surface area contributed by atoms with Crippen molar-refractivity contribution in [2.24, 2.45) is 37.5 Å². The molecule has 17 heavy (non-hydrogen) atoms. The fraction of sp³-hybridized carbons (Fsp3) is 0.111. The normalized spacial score (nSPS) is 11.5. The van der Waals surface area contributed by atoms with Gasteiger partial charge in [0.25, 0.3) is 0 Å². The van der Waals surface area contributed by atoms with Gasteiger partial charge in [0.1, 0.15) is 0 Å². The molecule has 0 aromatic heterocycles. The zero-order chi connectivity index (χ0) is 12.7. The van der Waals surface area contributed by atoms with E-state index < -0.39 is 0 Å². The average molecular weight is 234 g/mol. The summed E-state index contributed by atoms with van der Waals surface area (Å²) in [6.07, 6.45) is 0. The molecule has 0 heterocycles. The molecule has 0 aliphatic rings. The number of anilines is 1. The summed E-state index contributed by atoms with van der Waals surface area (Å²) in [6.45, 7) is 0. The van der Waals surface area contributed by atoms with Gasteiger partial charge in [-0.05, 0) is 24.3 Å². The summed E-state index contributed by atoms with van der Waals surface area (Å²) in [5.74, 6) is 0.0772. The van der Waals surface area contributed by atoms with Crippen molar-refractivity contribution >= 4 is 23.3 Å². The molecule has 0 radical (unpaired) electrons. The van der Waals surface area contributed by atoms with Gasteiger partial charge < -0.3 is 17.2 Å². The van der Waals surface area contributed by atoms with Gasteiger partial charge in [-0.15, -0.1) is 15.3 Å². The first kappa shape index (κ1) is 12.4. The lowest BCUT2D eigenvalue weighted by Gasteiger charge is -2.00. The summed E-state index contributed by atoms with van der Waals surface area (Å²) < 4.78 is 0. The number of azo groups is 1. The number of nitrogens with one attached hydrogen (secondary N) is 1. The van der Waals surface area contributed by atoms with Gasteiger partial charge in [-0.1, -0.05) is 0 Å². The minimum Gasteiger partial charge on any atom is -0.369 e. The molecule has 8 nitrogen and oxygen atoms in total. The molecule has 0 amide bonds. The van der Waals surface area contributed by atoms with E-state index in [1.807, 2.05) is 0 Å². The Morgan fingerprint density at radius 3 is 2.29 bits per heavy atom. The molecule has 0 bridgehead atoms. The molecule has 1 aromatic carbocycles. The van der Waals surface area contributed by atoms with Crippen molar-refractivity contribution in [3.63, 3.8) is 0 Å². The Kier molecular flexibility index (Phi) is 4.43. The first-order valence-corrected chi connectivity index (χ1v) is 4.70. The highest BCUT2D eigenvalue weighted by molar-refractivity contribution is 5.78. The Hall–Kier alpha value is -2.64. The van der Waals surface area contributed by atoms with Gasteiger partial charge in [0, 0.05) is 7.05 Å². The third kappa shape index (κ3) is 4.60. The van der Waals surface area contributed by atoms with Crippen LogP contribution in [0.4, 0.5) is 11.4 Å². The van der Waals surface area contributed by atoms with Crippen molar-refractivity contribution in [2.45, 2.75) is 0 Å². The van der Waals surface area contributed by atoms with Gasteiger partial charge in [0.2, 0.25) is 11.9 Å². The molecule has 7 N–H and O–H groups in total. The van der Waals surface area contributed by atoms with E-state index in [1.54, 1.807) is 24.3 Å².